The maximum atomic E-state index is 11.8. The molecule has 9 nitrogen and oxygen atoms in total. The summed E-state index contributed by atoms with van der Waals surface area (Å²) in [6.45, 7) is 0.143. The van der Waals surface area contributed by atoms with Gasteiger partial charge in [0, 0.05) is 14.1 Å². The number of likely N-dealkylation sites (N-methyl/N-ethyl adjacent to an activating group) is 1. The fourth-order valence-corrected chi connectivity index (χ4v) is 1.74. The zero-order valence-corrected chi connectivity index (χ0v) is 12.0. The van der Waals surface area contributed by atoms with Crippen molar-refractivity contribution in [1.82, 2.24) is 14.5 Å². The number of anilines is 1. The highest BCUT2D eigenvalue weighted by Crippen LogP contribution is 2.21. The molecule has 23 heavy (non-hydrogen) atoms. The molecular formula is C11H13F3N4O5. The van der Waals surface area contributed by atoms with Gasteiger partial charge >= 0.3 is 24.1 Å². The Labute approximate surface area is 127 Å². The molecule has 0 aromatic carbocycles. The summed E-state index contributed by atoms with van der Waals surface area (Å²) in [5.41, 5.74) is 0. The van der Waals surface area contributed by atoms with E-state index in [1.54, 1.807) is 17.9 Å². The number of imidazole rings is 1. The highest BCUT2D eigenvalue weighted by atomic mass is 19.4. The predicted octanol–water partition coefficient (Wildman–Crippen LogP) is 0.378. The Balaban J connectivity index is 0.000000322. The second-order valence-electron chi connectivity index (χ2n) is 4.52. The molecule has 1 fully saturated rings. The van der Waals surface area contributed by atoms with E-state index in [4.69, 9.17) is 15.0 Å². The van der Waals surface area contributed by atoms with Gasteiger partial charge in [0.25, 0.3) is 0 Å². The van der Waals surface area contributed by atoms with Crippen molar-refractivity contribution in [2.24, 2.45) is 7.05 Å². The van der Waals surface area contributed by atoms with E-state index in [1.807, 2.05) is 0 Å². The normalized spacial score (nSPS) is 17.8. The van der Waals surface area contributed by atoms with Gasteiger partial charge in [0.05, 0.1) is 19.1 Å². The number of alkyl halides is 3. The van der Waals surface area contributed by atoms with Crippen LogP contribution in [0.2, 0.25) is 0 Å². The molecule has 2 heterocycles. The van der Waals surface area contributed by atoms with Crippen LogP contribution >= 0.6 is 0 Å². The minimum absolute atomic E-state index is 0.143. The zero-order chi connectivity index (χ0) is 17.9. The number of aromatic nitrogens is 2. The number of halogens is 3. The number of aliphatic carboxylic acids is 2. The van der Waals surface area contributed by atoms with Crippen molar-refractivity contribution in [3.63, 3.8) is 0 Å². The number of hydrogen-bond acceptors (Lipinski definition) is 4. The lowest BCUT2D eigenvalue weighted by molar-refractivity contribution is -0.192. The van der Waals surface area contributed by atoms with E-state index in [0.29, 0.717) is 5.82 Å². The summed E-state index contributed by atoms with van der Waals surface area (Å²) in [4.78, 5) is 38.2. The van der Waals surface area contributed by atoms with Gasteiger partial charge in [-0.05, 0) is 0 Å². The standard InChI is InChI=1S/C9H12N4O3.C2HF3O2/c1-11-5-10-3-7(11)13-4-6(8(14)15)12(2)9(13)16;3-2(4,5)1(6)7/h3,5-6H,4H2,1-2H3,(H,14,15);(H,6,7). The average molecular weight is 338 g/mol. The second kappa shape index (κ2) is 6.54. The molecule has 0 radical (unpaired) electrons. The first kappa shape index (κ1) is 18.3. The van der Waals surface area contributed by atoms with Gasteiger partial charge in [0.1, 0.15) is 11.9 Å². The molecule has 1 saturated heterocycles. The summed E-state index contributed by atoms with van der Waals surface area (Å²) in [5, 5.41) is 16.1. The van der Waals surface area contributed by atoms with Crippen LogP contribution in [0, 0.1) is 0 Å². The number of aryl methyl sites for hydroxylation is 1. The maximum absolute atomic E-state index is 11.8. The van der Waals surface area contributed by atoms with Crippen molar-refractivity contribution >= 4 is 23.8 Å². The molecular weight excluding hydrogens is 325 g/mol. The Kier molecular flexibility index (Phi) is 5.19. The number of carboxylic acid groups (broad SMARTS) is 2. The number of rotatable bonds is 2. The van der Waals surface area contributed by atoms with E-state index in [0.717, 1.165) is 0 Å². The smallest absolute Gasteiger partial charge is 0.480 e. The van der Waals surface area contributed by atoms with Crippen molar-refractivity contribution < 1.29 is 37.8 Å². The van der Waals surface area contributed by atoms with Crippen LogP contribution in [0.4, 0.5) is 23.8 Å². The van der Waals surface area contributed by atoms with E-state index < -0.39 is 24.2 Å². The van der Waals surface area contributed by atoms with Gasteiger partial charge in [-0.15, -0.1) is 0 Å². The predicted molar refractivity (Wildman–Crippen MR) is 68.8 cm³/mol. The molecule has 0 spiro atoms. The van der Waals surface area contributed by atoms with Crippen molar-refractivity contribution in [3.8, 4) is 0 Å². The maximum Gasteiger partial charge on any atom is 0.490 e. The third kappa shape index (κ3) is 4.11. The Morgan fingerprint density at radius 1 is 1.30 bits per heavy atom. The topological polar surface area (TPSA) is 116 Å². The summed E-state index contributed by atoms with van der Waals surface area (Å²) >= 11 is 0. The van der Waals surface area contributed by atoms with Gasteiger partial charge in [-0.3, -0.25) is 4.90 Å². The third-order valence-corrected chi connectivity index (χ3v) is 2.95. The number of hydrogen-bond donors (Lipinski definition) is 2. The number of amides is 2. The fourth-order valence-electron chi connectivity index (χ4n) is 1.74. The molecule has 2 rings (SSSR count). The summed E-state index contributed by atoms with van der Waals surface area (Å²) in [5.74, 6) is -3.16. The third-order valence-electron chi connectivity index (χ3n) is 2.95. The van der Waals surface area contributed by atoms with Crippen LogP contribution in [0.1, 0.15) is 0 Å². The molecule has 0 bridgehead atoms. The van der Waals surface area contributed by atoms with Gasteiger partial charge in [0.2, 0.25) is 0 Å². The van der Waals surface area contributed by atoms with Crippen LogP contribution in [0.15, 0.2) is 12.5 Å². The summed E-state index contributed by atoms with van der Waals surface area (Å²) < 4.78 is 33.4. The van der Waals surface area contributed by atoms with Gasteiger partial charge in [-0.2, -0.15) is 13.2 Å². The van der Waals surface area contributed by atoms with Crippen LogP contribution < -0.4 is 4.90 Å². The molecule has 2 amide bonds. The molecule has 128 valence electrons. The minimum atomic E-state index is -5.08. The molecule has 1 aromatic heterocycles. The molecule has 1 aliphatic heterocycles. The Bertz CT molecular complexity index is 615. The summed E-state index contributed by atoms with van der Waals surface area (Å²) in [6, 6.07) is -1.13. The lowest BCUT2D eigenvalue weighted by Gasteiger charge is -2.15. The lowest BCUT2D eigenvalue weighted by atomic mass is 10.3. The minimum Gasteiger partial charge on any atom is -0.480 e. The molecule has 2 N–H and O–H groups in total. The van der Waals surface area contributed by atoms with E-state index in [1.165, 1.54) is 23.0 Å². The zero-order valence-electron chi connectivity index (χ0n) is 12.0. The van der Waals surface area contributed by atoms with Crippen molar-refractivity contribution in [2.75, 3.05) is 18.5 Å². The molecule has 0 saturated carbocycles. The first-order chi connectivity index (χ1) is 10.5. The number of nitrogens with zero attached hydrogens (tertiary/aromatic N) is 4. The lowest BCUT2D eigenvalue weighted by Crippen LogP contribution is -2.36. The quantitative estimate of drug-likeness (QED) is 0.805. The monoisotopic (exact) mass is 338 g/mol. The van der Waals surface area contributed by atoms with Crippen molar-refractivity contribution in [2.45, 2.75) is 12.2 Å². The van der Waals surface area contributed by atoms with Crippen LogP contribution in [-0.2, 0) is 16.6 Å². The second-order valence-corrected chi connectivity index (χ2v) is 4.52. The molecule has 0 aliphatic carbocycles. The largest absolute Gasteiger partial charge is 0.490 e. The molecule has 1 unspecified atom stereocenters. The van der Waals surface area contributed by atoms with Crippen molar-refractivity contribution in [3.05, 3.63) is 12.5 Å². The Morgan fingerprint density at radius 2 is 1.83 bits per heavy atom. The number of carbonyl (C=O) groups is 3. The SMILES string of the molecule is CN1C(=O)N(c2cncn2C)CC1C(=O)O.O=C(O)C(F)(F)F. The Hall–Kier alpha value is -2.79. The van der Waals surface area contributed by atoms with Crippen LogP contribution in [0.3, 0.4) is 0 Å². The number of carboxylic acids is 2. The van der Waals surface area contributed by atoms with Gasteiger partial charge in [-0.1, -0.05) is 0 Å². The van der Waals surface area contributed by atoms with E-state index in [-0.39, 0.29) is 12.6 Å². The van der Waals surface area contributed by atoms with Gasteiger partial charge in [-0.25, -0.2) is 19.4 Å². The van der Waals surface area contributed by atoms with E-state index in [9.17, 15) is 22.8 Å². The van der Waals surface area contributed by atoms with Crippen molar-refractivity contribution in [1.29, 1.82) is 0 Å². The summed E-state index contributed by atoms with van der Waals surface area (Å²) in [7, 11) is 3.24. The highest BCUT2D eigenvalue weighted by molar-refractivity contribution is 5.98. The molecule has 1 aliphatic rings. The summed E-state index contributed by atoms with van der Waals surface area (Å²) in [6.07, 6.45) is -1.98. The van der Waals surface area contributed by atoms with Crippen LogP contribution in [0.25, 0.3) is 0 Å². The Morgan fingerprint density at radius 3 is 2.13 bits per heavy atom. The van der Waals surface area contributed by atoms with Crippen LogP contribution in [0.5, 0.6) is 0 Å². The first-order valence-corrected chi connectivity index (χ1v) is 6.00. The first-order valence-electron chi connectivity index (χ1n) is 6.00. The number of urea groups is 1. The highest BCUT2D eigenvalue weighted by Gasteiger charge is 2.40. The molecule has 1 aromatic rings. The fraction of sp³-hybridized carbons (Fsp3) is 0.455. The van der Waals surface area contributed by atoms with E-state index in [2.05, 4.69) is 4.98 Å². The number of carbonyl (C=O) groups excluding carboxylic acids is 1. The molecule has 12 heteroatoms. The van der Waals surface area contributed by atoms with Crippen LogP contribution in [-0.4, -0.2) is 68.4 Å². The van der Waals surface area contributed by atoms with E-state index >= 15 is 0 Å². The average Bonchev–Trinajstić information content (AvgIpc) is 2.95. The van der Waals surface area contributed by atoms with Gasteiger partial charge in [0.15, 0.2) is 0 Å². The van der Waals surface area contributed by atoms with Gasteiger partial charge < -0.3 is 19.7 Å². The molecule has 1 atom stereocenters.